The number of halogens is 1. The maximum atomic E-state index is 12.0. The summed E-state index contributed by atoms with van der Waals surface area (Å²) < 4.78 is 5.96. The number of Topliss-reactive ketones (excluding diaryl/α,β-unsaturated/α-hetero) is 1. The van der Waals surface area contributed by atoms with Crippen LogP contribution in [0.5, 0.6) is 0 Å². The summed E-state index contributed by atoms with van der Waals surface area (Å²) in [5, 5.41) is 3.33. The van der Waals surface area contributed by atoms with Crippen LogP contribution in [-0.2, 0) is 0 Å². The molecular weight excluding hydrogens is 246 g/mol. The van der Waals surface area contributed by atoms with E-state index in [0.717, 1.165) is 17.4 Å². The monoisotopic (exact) mass is 255 g/mol. The van der Waals surface area contributed by atoms with Crippen LogP contribution in [0.4, 0.5) is 0 Å². The highest BCUT2D eigenvalue weighted by atomic mass is 79.9. The lowest BCUT2D eigenvalue weighted by molar-refractivity contribution is 0.0753. The summed E-state index contributed by atoms with van der Waals surface area (Å²) in [5.41, 5.74) is 0. The predicted octanol–water partition coefficient (Wildman–Crippen LogP) is 1.83. The van der Waals surface area contributed by atoms with E-state index in [1.165, 1.54) is 0 Å². The van der Waals surface area contributed by atoms with Gasteiger partial charge in [-0.05, 0) is 40.9 Å². The van der Waals surface area contributed by atoms with Crippen LogP contribution in [0.2, 0.25) is 0 Å². The van der Waals surface area contributed by atoms with Gasteiger partial charge in [-0.2, -0.15) is 0 Å². The van der Waals surface area contributed by atoms with Crippen molar-refractivity contribution in [3.63, 3.8) is 0 Å². The average molecular weight is 256 g/mol. The minimum Gasteiger partial charge on any atom is -0.460 e. The first-order valence-corrected chi connectivity index (χ1v) is 5.57. The minimum absolute atomic E-state index is 0.146. The van der Waals surface area contributed by atoms with Gasteiger partial charge in [0, 0.05) is 12.0 Å². The fourth-order valence-electron chi connectivity index (χ4n) is 2.49. The van der Waals surface area contributed by atoms with Crippen molar-refractivity contribution in [1.82, 2.24) is 5.32 Å². The van der Waals surface area contributed by atoms with Gasteiger partial charge in [0.1, 0.15) is 0 Å². The zero-order valence-electron chi connectivity index (χ0n) is 7.50. The van der Waals surface area contributed by atoms with Crippen LogP contribution < -0.4 is 5.32 Å². The number of furan rings is 1. The standard InChI is InChI=1S/C10H10BrNO2/c11-6-1-2-14-10(6)9(13)8-5-3-7(8)12-4-5/h1-2,5,7-8,12H,3-4H2. The third kappa shape index (κ3) is 1.04. The van der Waals surface area contributed by atoms with Gasteiger partial charge in [-0.3, -0.25) is 4.79 Å². The van der Waals surface area contributed by atoms with Crippen LogP contribution in [0.3, 0.4) is 0 Å². The Bertz CT molecular complexity index is 373. The molecule has 1 saturated carbocycles. The topological polar surface area (TPSA) is 42.2 Å². The molecule has 1 aliphatic carbocycles. The van der Waals surface area contributed by atoms with E-state index in [1.807, 2.05) is 0 Å². The number of hydrogen-bond acceptors (Lipinski definition) is 3. The Balaban J connectivity index is 1.87. The lowest BCUT2D eigenvalue weighted by Gasteiger charge is -2.32. The Kier molecular flexibility index (Phi) is 1.82. The van der Waals surface area contributed by atoms with E-state index in [9.17, 15) is 4.79 Å². The second-order valence-corrected chi connectivity index (χ2v) is 4.85. The predicted molar refractivity (Wildman–Crippen MR) is 54.1 cm³/mol. The Morgan fingerprint density at radius 2 is 2.50 bits per heavy atom. The molecule has 74 valence electrons. The molecule has 0 spiro atoms. The second-order valence-electron chi connectivity index (χ2n) is 4.00. The minimum atomic E-state index is 0.146. The molecule has 4 heteroatoms. The van der Waals surface area contributed by atoms with Gasteiger partial charge in [0.05, 0.1) is 10.7 Å². The van der Waals surface area contributed by atoms with Crippen LogP contribution in [0.25, 0.3) is 0 Å². The van der Waals surface area contributed by atoms with Crippen molar-refractivity contribution < 1.29 is 9.21 Å². The van der Waals surface area contributed by atoms with Gasteiger partial charge in [-0.1, -0.05) is 0 Å². The number of carbonyl (C=O) groups excluding carboxylic acids is 1. The SMILES string of the molecule is O=C(c1occc1Br)C1C2CNC1C2. The average Bonchev–Trinajstić information content (AvgIpc) is 2.74. The Labute approximate surface area is 90.0 Å². The van der Waals surface area contributed by atoms with Gasteiger partial charge in [0.2, 0.25) is 5.78 Å². The Morgan fingerprint density at radius 1 is 1.64 bits per heavy atom. The lowest BCUT2D eigenvalue weighted by Crippen LogP contribution is -2.42. The fourth-order valence-corrected chi connectivity index (χ4v) is 2.89. The molecule has 0 amide bonds. The van der Waals surface area contributed by atoms with E-state index in [-0.39, 0.29) is 11.7 Å². The molecule has 14 heavy (non-hydrogen) atoms. The van der Waals surface area contributed by atoms with Crippen molar-refractivity contribution in [3.05, 3.63) is 22.6 Å². The van der Waals surface area contributed by atoms with Crippen molar-refractivity contribution >= 4 is 21.7 Å². The van der Waals surface area contributed by atoms with E-state index in [2.05, 4.69) is 21.2 Å². The first-order chi connectivity index (χ1) is 6.77. The molecule has 1 aromatic rings. The third-order valence-electron chi connectivity index (χ3n) is 3.28. The number of carbonyl (C=O) groups is 1. The summed E-state index contributed by atoms with van der Waals surface area (Å²) in [6.45, 7) is 0.986. The molecule has 2 saturated heterocycles. The molecule has 2 bridgehead atoms. The third-order valence-corrected chi connectivity index (χ3v) is 3.91. The second kappa shape index (κ2) is 2.94. The van der Waals surface area contributed by atoms with Gasteiger partial charge in [-0.15, -0.1) is 0 Å². The van der Waals surface area contributed by atoms with Gasteiger partial charge in [0.15, 0.2) is 5.76 Å². The van der Waals surface area contributed by atoms with E-state index in [0.29, 0.717) is 17.7 Å². The molecule has 3 unspecified atom stereocenters. The summed E-state index contributed by atoms with van der Waals surface area (Å²) >= 11 is 3.31. The molecule has 3 aliphatic rings. The van der Waals surface area contributed by atoms with Crippen LogP contribution in [-0.4, -0.2) is 18.4 Å². The van der Waals surface area contributed by atoms with Crippen molar-refractivity contribution in [1.29, 1.82) is 0 Å². The molecule has 1 N–H and O–H groups in total. The highest BCUT2D eigenvalue weighted by Crippen LogP contribution is 2.42. The zero-order valence-corrected chi connectivity index (χ0v) is 9.08. The Hall–Kier alpha value is -0.610. The molecule has 0 radical (unpaired) electrons. The smallest absolute Gasteiger partial charge is 0.204 e. The number of fused-ring (bicyclic) bond motifs is 1. The highest BCUT2D eigenvalue weighted by Gasteiger charge is 2.51. The largest absolute Gasteiger partial charge is 0.460 e. The van der Waals surface area contributed by atoms with Gasteiger partial charge >= 0.3 is 0 Å². The maximum absolute atomic E-state index is 12.0. The van der Waals surface area contributed by atoms with Crippen molar-refractivity contribution in [2.75, 3.05) is 6.54 Å². The quantitative estimate of drug-likeness (QED) is 0.821. The normalized spacial score (nSPS) is 34.2. The molecule has 4 rings (SSSR count). The molecule has 3 heterocycles. The molecule has 1 aromatic heterocycles. The summed E-state index contributed by atoms with van der Waals surface area (Å²) in [7, 11) is 0. The maximum Gasteiger partial charge on any atom is 0.204 e. The van der Waals surface area contributed by atoms with Crippen LogP contribution in [0.1, 0.15) is 17.0 Å². The lowest BCUT2D eigenvalue weighted by atomic mass is 9.71. The molecule has 2 aliphatic heterocycles. The summed E-state index contributed by atoms with van der Waals surface area (Å²) in [6, 6.07) is 2.16. The van der Waals surface area contributed by atoms with Crippen LogP contribution >= 0.6 is 15.9 Å². The van der Waals surface area contributed by atoms with E-state index < -0.39 is 0 Å². The summed E-state index contributed by atoms with van der Waals surface area (Å²) in [5.74, 6) is 1.31. The van der Waals surface area contributed by atoms with Crippen LogP contribution in [0, 0.1) is 11.8 Å². The molecule has 0 aromatic carbocycles. The number of rotatable bonds is 2. The van der Waals surface area contributed by atoms with Crippen LogP contribution in [0.15, 0.2) is 21.2 Å². The van der Waals surface area contributed by atoms with E-state index >= 15 is 0 Å². The summed E-state index contributed by atoms with van der Waals surface area (Å²) in [6.07, 6.45) is 2.69. The van der Waals surface area contributed by atoms with Crippen molar-refractivity contribution in [2.24, 2.45) is 11.8 Å². The van der Waals surface area contributed by atoms with E-state index in [4.69, 9.17) is 4.42 Å². The molecule has 3 nitrogen and oxygen atoms in total. The van der Waals surface area contributed by atoms with Gasteiger partial charge < -0.3 is 9.73 Å². The van der Waals surface area contributed by atoms with Crippen molar-refractivity contribution in [3.8, 4) is 0 Å². The van der Waals surface area contributed by atoms with Crippen molar-refractivity contribution in [2.45, 2.75) is 12.5 Å². The number of nitrogens with one attached hydrogen (secondary N) is 1. The number of hydrogen-bond donors (Lipinski definition) is 1. The molecular formula is C10H10BrNO2. The first kappa shape index (κ1) is 8.68. The van der Waals surface area contributed by atoms with Gasteiger partial charge in [-0.25, -0.2) is 0 Å². The number of ketones is 1. The summed E-state index contributed by atoms with van der Waals surface area (Å²) in [4.78, 5) is 12.0. The molecule has 3 fully saturated rings. The first-order valence-electron chi connectivity index (χ1n) is 4.78. The Morgan fingerprint density at radius 3 is 3.00 bits per heavy atom. The molecule has 3 atom stereocenters. The fraction of sp³-hybridized carbons (Fsp3) is 0.500. The highest BCUT2D eigenvalue weighted by molar-refractivity contribution is 9.10. The van der Waals surface area contributed by atoms with E-state index in [1.54, 1.807) is 12.3 Å². The van der Waals surface area contributed by atoms with Gasteiger partial charge in [0.25, 0.3) is 0 Å². The zero-order chi connectivity index (χ0) is 9.71.